The molecule has 74 valence electrons. The van der Waals surface area contributed by atoms with E-state index in [1.807, 2.05) is 19.1 Å². The van der Waals surface area contributed by atoms with Crippen LogP contribution in [0.15, 0.2) is 12.1 Å². The summed E-state index contributed by atoms with van der Waals surface area (Å²) in [7, 11) is 0. The maximum atomic E-state index is 10.5. The normalized spacial score (nSPS) is 15.2. The largest absolute Gasteiger partial charge is 0.367 e. The van der Waals surface area contributed by atoms with Crippen molar-refractivity contribution in [2.75, 3.05) is 5.32 Å². The van der Waals surface area contributed by atoms with Gasteiger partial charge in [0.1, 0.15) is 12.1 Å². The van der Waals surface area contributed by atoms with Gasteiger partial charge in [0.15, 0.2) is 0 Å². The average molecular weight is 190 g/mol. The molecule has 1 aromatic heterocycles. The highest BCUT2D eigenvalue weighted by Gasteiger charge is 2.22. The molecule has 1 heterocycles. The van der Waals surface area contributed by atoms with Crippen molar-refractivity contribution >= 4 is 12.1 Å². The summed E-state index contributed by atoms with van der Waals surface area (Å²) >= 11 is 0. The lowest BCUT2D eigenvalue weighted by molar-refractivity contribution is -0.107. The third-order valence-electron chi connectivity index (χ3n) is 2.34. The number of carbonyl (C=O) groups is 1. The van der Waals surface area contributed by atoms with Crippen molar-refractivity contribution in [1.29, 1.82) is 0 Å². The summed E-state index contributed by atoms with van der Waals surface area (Å²) in [4.78, 5) is 14.9. The van der Waals surface area contributed by atoms with E-state index in [2.05, 4.69) is 10.3 Å². The van der Waals surface area contributed by atoms with Crippen molar-refractivity contribution in [3.05, 3.63) is 23.4 Å². The number of aromatic nitrogens is 1. The van der Waals surface area contributed by atoms with Crippen LogP contribution < -0.4 is 5.32 Å². The fourth-order valence-corrected chi connectivity index (χ4v) is 1.39. The van der Waals surface area contributed by atoms with Gasteiger partial charge in [0.2, 0.25) is 0 Å². The molecule has 0 bridgehead atoms. The number of aryl methyl sites for hydroxylation is 1. The number of anilines is 1. The van der Waals surface area contributed by atoms with Gasteiger partial charge in [-0.25, -0.2) is 4.98 Å². The molecule has 1 aliphatic carbocycles. The summed E-state index contributed by atoms with van der Waals surface area (Å²) in [5, 5.41) is 3.34. The lowest BCUT2D eigenvalue weighted by atomic mass is 10.2. The Labute approximate surface area is 83.5 Å². The van der Waals surface area contributed by atoms with Crippen LogP contribution in [0.1, 0.15) is 24.1 Å². The first kappa shape index (κ1) is 9.19. The Balaban J connectivity index is 2.21. The maximum absolute atomic E-state index is 10.5. The first-order chi connectivity index (χ1) is 6.79. The molecule has 1 aliphatic rings. The van der Waals surface area contributed by atoms with Gasteiger partial charge in [0, 0.05) is 23.7 Å². The van der Waals surface area contributed by atoms with Crippen LogP contribution in [0.25, 0.3) is 0 Å². The minimum absolute atomic E-state index is 0.447. The van der Waals surface area contributed by atoms with Crippen LogP contribution in [0.3, 0.4) is 0 Å². The fraction of sp³-hybridized carbons (Fsp3) is 0.455. The van der Waals surface area contributed by atoms with Gasteiger partial charge in [-0.2, -0.15) is 0 Å². The quantitative estimate of drug-likeness (QED) is 0.735. The van der Waals surface area contributed by atoms with Crippen molar-refractivity contribution < 1.29 is 4.79 Å². The van der Waals surface area contributed by atoms with Crippen molar-refractivity contribution in [1.82, 2.24) is 4.98 Å². The second kappa shape index (κ2) is 3.78. The molecule has 3 heteroatoms. The first-order valence-electron chi connectivity index (χ1n) is 4.96. The Hall–Kier alpha value is -1.38. The molecule has 1 N–H and O–H groups in total. The SMILES string of the molecule is Cc1ccc(CC=O)c(NC2CC2)n1. The number of aldehydes is 1. The zero-order valence-corrected chi connectivity index (χ0v) is 8.29. The molecule has 0 spiro atoms. The van der Waals surface area contributed by atoms with E-state index < -0.39 is 0 Å². The van der Waals surface area contributed by atoms with Crippen molar-refractivity contribution in [2.24, 2.45) is 0 Å². The predicted molar refractivity (Wildman–Crippen MR) is 55.4 cm³/mol. The van der Waals surface area contributed by atoms with Gasteiger partial charge >= 0.3 is 0 Å². The maximum Gasteiger partial charge on any atom is 0.130 e. The number of rotatable bonds is 4. The Morgan fingerprint density at radius 2 is 2.36 bits per heavy atom. The molecule has 0 aromatic carbocycles. The molecule has 14 heavy (non-hydrogen) atoms. The van der Waals surface area contributed by atoms with Crippen LogP contribution in [0, 0.1) is 6.92 Å². The standard InChI is InChI=1S/C11H14N2O/c1-8-2-3-9(6-7-14)11(12-8)13-10-4-5-10/h2-3,7,10H,4-6H2,1H3,(H,12,13). The van der Waals surface area contributed by atoms with E-state index >= 15 is 0 Å². The minimum atomic E-state index is 0.447. The van der Waals surface area contributed by atoms with E-state index in [4.69, 9.17) is 0 Å². The molecule has 0 atom stereocenters. The van der Waals surface area contributed by atoms with Gasteiger partial charge in [-0.1, -0.05) is 6.07 Å². The molecule has 0 unspecified atom stereocenters. The Morgan fingerprint density at radius 1 is 1.57 bits per heavy atom. The van der Waals surface area contributed by atoms with Crippen LogP contribution in [0.2, 0.25) is 0 Å². The van der Waals surface area contributed by atoms with Gasteiger partial charge in [0.05, 0.1) is 0 Å². The number of nitrogens with zero attached hydrogens (tertiary/aromatic N) is 1. The lowest BCUT2D eigenvalue weighted by Gasteiger charge is -2.08. The van der Waals surface area contributed by atoms with E-state index in [0.717, 1.165) is 23.4 Å². The first-order valence-corrected chi connectivity index (χ1v) is 4.96. The third-order valence-corrected chi connectivity index (χ3v) is 2.34. The summed E-state index contributed by atoms with van der Waals surface area (Å²) < 4.78 is 0. The van der Waals surface area contributed by atoms with E-state index in [-0.39, 0.29) is 0 Å². The number of hydrogen-bond acceptors (Lipinski definition) is 3. The zero-order valence-electron chi connectivity index (χ0n) is 8.29. The zero-order chi connectivity index (χ0) is 9.97. The summed E-state index contributed by atoms with van der Waals surface area (Å²) in [6.45, 7) is 1.96. The molecule has 2 rings (SSSR count). The predicted octanol–water partition coefficient (Wildman–Crippen LogP) is 1.71. The number of hydrogen-bond donors (Lipinski definition) is 1. The smallest absolute Gasteiger partial charge is 0.130 e. The summed E-state index contributed by atoms with van der Waals surface area (Å²) in [5.74, 6) is 0.889. The number of pyridine rings is 1. The monoisotopic (exact) mass is 190 g/mol. The molecular weight excluding hydrogens is 176 g/mol. The topological polar surface area (TPSA) is 42.0 Å². The summed E-state index contributed by atoms with van der Waals surface area (Å²) in [6, 6.07) is 4.49. The molecule has 3 nitrogen and oxygen atoms in total. The molecule has 1 aromatic rings. The van der Waals surface area contributed by atoms with E-state index in [1.54, 1.807) is 0 Å². The molecule has 1 saturated carbocycles. The molecule has 1 fully saturated rings. The van der Waals surface area contributed by atoms with Gasteiger partial charge < -0.3 is 10.1 Å². The van der Waals surface area contributed by atoms with Gasteiger partial charge in [-0.15, -0.1) is 0 Å². The summed E-state index contributed by atoms with van der Waals surface area (Å²) in [6.07, 6.45) is 3.80. The van der Waals surface area contributed by atoms with Crippen LogP contribution in [-0.2, 0) is 11.2 Å². The minimum Gasteiger partial charge on any atom is -0.367 e. The number of carbonyl (C=O) groups excluding carboxylic acids is 1. The van der Waals surface area contributed by atoms with Crippen LogP contribution >= 0.6 is 0 Å². The van der Waals surface area contributed by atoms with Gasteiger partial charge in [-0.05, 0) is 25.8 Å². The Morgan fingerprint density at radius 3 is 3.00 bits per heavy atom. The van der Waals surface area contributed by atoms with Gasteiger partial charge in [0.25, 0.3) is 0 Å². The average Bonchev–Trinajstić information content (AvgIpc) is 2.94. The lowest BCUT2D eigenvalue weighted by Crippen LogP contribution is -2.07. The summed E-state index contributed by atoms with van der Waals surface area (Å²) in [5.41, 5.74) is 1.99. The second-order valence-corrected chi connectivity index (χ2v) is 3.75. The van der Waals surface area contributed by atoms with Crippen molar-refractivity contribution in [3.8, 4) is 0 Å². The fourth-order valence-electron chi connectivity index (χ4n) is 1.39. The highest BCUT2D eigenvalue weighted by Crippen LogP contribution is 2.25. The van der Waals surface area contributed by atoms with Crippen molar-refractivity contribution in [3.63, 3.8) is 0 Å². The molecular formula is C11H14N2O. The highest BCUT2D eigenvalue weighted by atomic mass is 16.1. The number of nitrogens with one attached hydrogen (secondary N) is 1. The van der Waals surface area contributed by atoms with Gasteiger partial charge in [-0.3, -0.25) is 0 Å². The molecule has 0 saturated heterocycles. The second-order valence-electron chi connectivity index (χ2n) is 3.75. The van der Waals surface area contributed by atoms with Crippen molar-refractivity contribution in [2.45, 2.75) is 32.2 Å². The van der Waals surface area contributed by atoms with Crippen LogP contribution in [-0.4, -0.2) is 17.3 Å². The van der Waals surface area contributed by atoms with Crippen LogP contribution in [0.4, 0.5) is 5.82 Å². The molecule has 0 aliphatic heterocycles. The van der Waals surface area contributed by atoms with E-state index in [9.17, 15) is 4.79 Å². The Kier molecular flexibility index (Phi) is 2.48. The van der Waals surface area contributed by atoms with E-state index in [0.29, 0.717) is 12.5 Å². The van der Waals surface area contributed by atoms with E-state index in [1.165, 1.54) is 12.8 Å². The molecule has 0 amide bonds. The molecule has 0 radical (unpaired) electrons. The third kappa shape index (κ3) is 2.10. The highest BCUT2D eigenvalue weighted by molar-refractivity contribution is 5.60. The Bertz CT molecular complexity index is 345. The van der Waals surface area contributed by atoms with Crippen LogP contribution in [0.5, 0.6) is 0 Å².